The van der Waals surface area contributed by atoms with E-state index in [9.17, 15) is 0 Å². The maximum atomic E-state index is 2.48. The van der Waals surface area contributed by atoms with E-state index in [0.29, 0.717) is 0 Å². The van der Waals surface area contributed by atoms with Crippen LogP contribution in [0.1, 0.15) is 97.3 Å². The fourth-order valence-electron chi connectivity index (χ4n) is 3.15. The molecule has 0 N–H and O–H groups in total. The standard InChI is InChI=1S/C20H40N2/c1-3-5-7-8-9-10-11-12-13-14-15-17-22-19-18-21(20-22)16-6-4-2/h18-19H,3-17,20H2,1-2H3. The maximum absolute atomic E-state index is 2.48. The lowest BCUT2D eigenvalue weighted by Crippen LogP contribution is -2.26. The first-order valence-corrected chi connectivity index (χ1v) is 10.0. The Hall–Kier alpha value is -0.660. The van der Waals surface area contributed by atoms with Crippen LogP contribution >= 0.6 is 0 Å². The molecule has 0 spiro atoms. The zero-order chi connectivity index (χ0) is 15.9. The van der Waals surface area contributed by atoms with Gasteiger partial charge < -0.3 is 9.80 Å². The van der Waals surface area contributed by atoms with Crippen molar-refractivity contribution in [3.63, 3.8) is 0 Å². The molecule has 1 aliphatic rings. The first-order valence-electron chi connectivity index (χ1n) is 10.0. The van der Waals surface area contributed by atoms with Gasteiger partial charge in [-0.2, -0.15) is 0 Å². The van der Waals surface area contributed by atoms with Crippen LogP contribution in [0, 0.1) is 0 Å². The van der Waals surface area contributed by atoms with E-state index in [1.165, 1.54) is 96.6 Å². The van der Waals surface area contributed by atoms with Crippen molar-refractivity contribution in [2.75, 3.05) is 19.8 Å². The Morgan fingerprint density at radius 2 is 0.955 bits per heavy atom. The molecule has 0 bridgehead atoms. The first kappa shape index (κ1) is 19.4. The summed E-state index contributed by atoms with van der Waals surface area (Å²) in [4.78, 5) is 4.92. The van der Waals surface area contributed by atoms with Crippen LogP contribution in [-0.2, 0) is 0 Å². The van der Waals surface area contributed by atoms with Gasteiger partial charge in [-0.3, -0.25) is 0 Å². The van der Waals surface area contributed by atoms with Crippen LogP contribution in [0.25, 0.3) is 0 Å². The fraction of sp³-hybridized carbons (Fsp3) is 0.900. The molecule has 2 heteroatoms. The summed E-state index contributed by atoms with van der Waals surface area (Å²) >= 11 is 0. The molecule has 0 aromatic heterocycles. The molecule has 0 atom stereocenters. The summed E-state index contributed by atoms with van der Waals surface area (Å²) in [6.07, 6.45) is 22.9. The van der Waals surface area contributed by atoms with Crippen molar-refractivity contribution in [2.45, 2.75) is 97.3 Å². The average molecular weight is 309 g/mol. The van der Waals surface area contributed by atoms with E-state index in [-0.39, 0.29) is 0 Å². The quantitative estimate of drug-likeness (QED) is 0.335. The van der Waals surface area contributed by atoms with Gasteiger partial charge in [0.25, 0.3) is 0 Å². The van der Waals surface area contributed by atoms with Crippen LogP contribution in [0.3, 0.4) is 0 Å². The monoisotopic (exact) mass is 308 g/mol. The minimum absolute atomic E-state index is 1.12. The summed E-state index contributed by atoms with van der Waals surface area (Å²) in [6, 6.07) is 0. The minimum Gasteiger partial charge on any atom is -0.359 e. The smallest absolute Gasteiger partial charge is 0.0893 e. The Bertz CT molecular complexity index is 262. The third kappa shape index (κ3) is 10.1. The molecule has 0 fully saturated rings. The molecule has 0 unspecified atom stereocenters. The third-order valence-corrected chi connectivity index (χ3v) is 4.70. The Labute approximate surface area is 139 Å². The molecule has 0 aromatic rings. The Morgan fingerprint density at radius 1 is 0.545 bits per heavy atom. The Kier molecular flexibility index (Phi) is 12.3. The second-order valence-corrected chi connectivity index (χ2v) is 6.95. The summed E-state index contributed by atoms with van der Waals surface area (Å²) < 4.78 is 0. The Morgan fingerprint density at radius 3 is 1.45 bits per heavy atom. The van der Waals surface area contributed by atoms with Gasteiger partial charge in [0, 0.05) is 25.5 Å². The summed E-state index contributed by atoms with van der Waals surface area (Å²) in [5, 5.41) is 0. The molecule has 1 aliphatic heterocycles. The molecule has 0 saturated heterocycles. The van der Waals surface area contributed by atoms with E-state index in [4.69, 9.17) is 0 Å². The highest BCUT2D eigenvalue weighted by Gasteiger charge is 2.10. The lowest BCUT2D eigenvalue weighted by atomic mass is 10.1. The molecular formula is C20H40N2. The number of unbranched alkanes of at least 4 members (excludes halogenated alkanes) is 11. The van der Waals surface area contributed by atoms with Crippen molar-refractivity contribution < 1.29 is 0 Å². The van der Waals surface area contributed by atoms with Gasteiger partial charge in [0.1, 0.15) is 0 Å². The number of rotatable bonds is 15. The van der Waals surface area contributed by atoms with E-state index in [2.05, 4.69) is 36.0 Å². The lowest BCUT2D eigenvalue weighted by molar-refractivity contribution is 0.258. The van der Waals surface area contributed by atoms with Crippen LogP contribution in [0.5, 0.6) is 0 Å². The summed E-state index contributed by atoms with van der Waals surface area (Å²) in [5.74, 6) is 0. The zero-order valence-electron chi connectivity index (χ0n) is 15.4. The largest absolute Gasteiger partial charge is 0.359 e. The van der Waals surface area contributed by atoms with Crippen LogP contribution < -0.4 is 0 Å². The zero-order valence-corrected chi connectivity index (χ0v) is 15.4. The van der Waals surface area contributed by atoms with E-state index in [1.54, 1.807) is 0 Å². The van der Waals surface area contributed by atoms with Crippen LogP contribution in [0.2, 0.25) is 0 Å². The van der Waals surface area contributed by atoms with Crippen molar-refractivity contribution in [3.05, 3.63) is 12.4 Å². The molecule has 0 aromatic carbocycles. The van der Waals surface area contributed by atoms with E-state index < -0.39 is 0 Å². The number of hydrogen-bond acceptors (Lipinski definition) is 2. The minimum atomic E-state index is 1.12. The normalized spacial score (nSPS) is 14.3. The lowest BCUT2D eigenvalue weighted by Gasteiger charge is -2.21. The van der Waals surface area contributed by atoms with Crippen LogP contribution in [0.15, 0.2) is 12.4 Å². The summed E-state index contributed by atoms with van der Waals surface area (Å²) in [7, 11) is 0. The van der Waals surface area contributed by atoms with Crippen LogP contribution in [-0.4, -0.2) is 29.6 Å². The van der Waals surface area contributed by atoms with Gasteiger partial charge in [0.15, 0.2) is 0 Å². The van der Waals surface area contributed by atoms with Crippen molar-refractivity contribution in [2.24, 2.45) is 0 Å². The average Bonchev–Trinajstić information content (AvgIpc) is 2.98. The molecule has 0 radical (unpaired) electrons. The second kappa shape index (κ2) is 14.0. The van der Waals surface area contributed by atoms with Gasteiger partial charge in [0.05, 0.1) is 6.67 Å². The number of hydrogen-bond donors (Lipinski definition) is 0. The SMILES string of the molecule is CCCCCCCCCCCCCN1C=CN(CCCC)C1. The molecule has 0 saturated carbocycles. The van der Waals surface area contributed by atoms with Crippen molar-refractivity contribution >= 4 is 0 Å². The van der Waals surface area contributed by atoms with Gasteiger partial charge in [-0.15, -0.1) is 0 Å². The highest BCUT2D eigenvalue weighted by molar-refractivity contribution is 4.90. The topological polar surface area (TPSA) is 6.48 Å². The second-order valence-electron chi connectivity index (χ2n) is 6.95. The third-order valence-electron chi connectivity index (χ3n) is 4.70. The van der Waals surface area contributed by atoms with Gasteiger partial charge in [-0.05, 0) is 12.8 Å². The van der Waals surface area contributed by atoms with Gasteiger partial charge in [0.2, 0.25) is 0 Å². The fourth-order valence-corrected chi connectivity index (χ4v) is 3.15. The number of nitrogens with zero attached hydrogens (tertiary/aromatic N) is 2. The molecule has 0 amide bonds. The molecule has 22 heavy (non-hydrogen) atoms. The molecule has 2 nitrogen and oxygen atoms in total. The maximum Gasteiger partial charge on any atom is 0.0893 e. The molecule has 130 valence electrons. The Balaban J connectivity index is 1.80. The molecular weight excluding hydrogens is 268 g/mol. The van der Waals surface area contributed by atoms with Crippen molar-refractivity contribution in [3.8, 4) is 0 Å². The van der Waals surface area contributed by atoms with Gasteiger partial charge >= 0.3 is 0 Å². The van der Waals surface area contributed by atoms with Crippen molar-refractivity contribution in [1.82, 2.24) is 9.80 Å². The van der Waals surface area contributed by atoms with Crippen molar-refractivity contribution in [1.29, 1.82) is 0 Å². The van der Waals surface area contributed by atoms with E-state index in [1.807, 2.05) is 0 Å². The molecule has 1 heterocycles. The van der Waals surface area contributed by atoms with Gasteiger partial charge in [-0.25, -0.2) is 0 Å². The summed E-state index contributed by atoms with van der Waals surface area (Å²) in [5.41, 5.74) is 0. The predicted octanol–water partition coefficient (Wildman–Crippen LogP) is 6.14. The molecule has 0 aliphatic carbocycles. The van der Waals surface area contributed by atoms with E-state index >= 15 is 0 Å². The van der Waals surface area contributed by atoms with Gasteiger partial charge in [-0.1, -0.05) is 84.5 Å². The predicted molar refractivity (Wildman–Crippen MR) is 98.8 cm³/mol. The highest BCUT2D eigenvalue weighted by atomic mass is 15.3. The molecule has 1 rings (SSSR count). The highest BCUT2D eigenvalue weighted by Crippen LogP contribution is 2.13. The first-order chi connectivity index (χ1) is 10.9. The summed E-state index contributed by atoms with van der Waals surface area (Å²) in [6.45, 7) is 8.15. The van der Waals surface area contributed by atoms with E-state index in [0.717, 1.165) is 6.67 Å². The van der Waals surface area contributed by atoms with Crippen LogP contribution in [0.4, 0.5) is 0 Å².